The number of amides is 2. The Morgan fingerprint density at radius 3 is 2.35 bits per heavy atom. The number of imide groups is 1. The molecule has 0 atom stereocenters. The van der Waals surface area contributed by atoms with Gasteiger partial charge >= 0.3 is 0 Å². The van der Waals surface area contributed by atoms with E-state index in [9.17, 15) is 9.59 Å². The minimum absolute atomic E-state index is 0.140. The highest BCUT2D eigenvalue weighted by molar-refractivity contribution is 6.36. The van der Waals surface area contributed by atoms with Crippen molar-refractivity contribution in [2.24, 2.45) is 0 Å². The zero-order chi connectivity index (χ0) is 24.0. The van der Waals surface area contributed by atoms with Gasteiger partial charge in [-0.1, -0.05) is 36.4 Å². The predicted octanol–water partition coefficient (Wildman–Crippen LogP) is 5.04. The van der Waals surface area contributed by atoms with Crippen molar-refractivity contribution in [3.8, 4) is 11.5 Å². The third kappa shape index (κ3) is 3.81. The number of ether oxygens (including phenoxy) is 2. The molecule has 6 heteroatoms. The van der Waals surface area contributed by atoms with E-state index in [4.69, 9.17) is 9.47 Å². The molecule has 2 heterocycles. The molecule has 2 aliphatic heterocycles. The van der Waals surface area contributed by atoms with Crippen LogP contribution in [0.5, 0.6) is 11.5 Å². The van der Waals surface area contributed by atoms with Crippen LogP contribution in [-0.2, 0) is 16.1 Å². The van der Waals surface area contributed by atoms with Gasteiger partial charge < -0.3 is 14.8 Å². The Labute approximate surface area is 198 Å². The van der Waals surface area contributed by atoms with Gasteiger partial charge in [0.1, 0.15) is 5.70 Å². The van der Waals surface area contributed by atoms with Crippen molar-refractivity contribution in [1.29, 1.82) is 0 Å². The maximum Gasteiger partial charge on any atom is 0.278 e. The molecular weight excluding hydrogens is 428 g/mol. The first-order chi connectivity index (χ1) is 16.3. The van der Waals surface area contributed by atoms with Gasteiger partial charge in [0.15, 0.2) is 11.5 Å². The zero-order valence-electron chi connectivity index (χ0n) is 19.7. The molecule has 6 nitrogen and oxygen atoms in total. The van der Waals surface area contributed by atoms with E-state index in [1.165, 1.54) is 4.90 Å². The smallest absolute Gasteiger partial charge is 0.278 e. The average Bonchev–Trinajstić information content (AvgIpc) is 3.36. The summed E-state index contributed by atoms with van der Waals surface area (Å²) in [6.07, 6.45) is 0. The van der Waals surface area contributed by atoms with Gasteiger partial charge in [-0.25, -0.2) is 0 Å². The number of carbonyl (C=O) groups is 2. The summed E-state index contributed by atoms with van der Waals surface area (Å²) in [5.41, 5.74) is 7.25. The molecule has 0 unspecified atom stereocenters. The van der Waals surface area contributed by atoms with Gasteiger partial charge in [-0.3, -0.25) is 14.5 Å². The molecule has 1 N–H and O–H groups in total. The number of rotatable bonds is 5. The van der Waals surface area contributed by atoms with E-state index in [1.54, 1.807) is 6.07 Å². The Morgan fingerprint density at radius 2 is 1.56 bits per heavy atom. The largest absolute Gasteiger partial charge is 0.454 e. The summed E-state index contributed by atoms with van der Waals surface area (Å²) in [5.74, 6) is 0.609. The third-order valence-electron chi connectivity index (χ3n) is 6.39. The van der Waals surface area contributed by atoms with Crippen LogP contribution >= 0.6 is 0 Å². The van der Waals surface area contributed by atoms with Crippen LogP contribution in [0.3, 0.4) is 0 Å². The predicted molar refractivity (Wildman–Crippen MR) is 130 cm³/mol. The average molecular weight is 455 g/mol. The van der Waals surface area contributed by atoms with Crippen LogP contribution in [0.1, 0.15) is 33.4 Å². The number of fused-ring (bicyclic) bond motifs is 1. The fourth-order valence-corrected chi connectivity index (χ4v) is 4.23. The van der Waals surface area contributed by atoms with Crippen LogP contribution in [0.15, 0.2) is 60.3 Å². The Hall–Kier alpha value is -4.06. The molecule has 0 radical (unpaired) electrons. The quantitative estimate of drug-likeness (QED) is 0.547. The van der Waals surface area contributed by atoms with Gasteiger partial charge in [0.25, 0.3) is 11.8 Å². The first-order valence-electron chi connectivity index (χ1n) is 11.2. The molecule has 0 saturated heterocycles. The highest BCUT2D eigenvalue weighted by Gasteiger charge is 2.39. The topological polar surface area (TPSA) is 67.9 Å². The summed E-state index contributed by atoms with van der Waals surface area (Å²) in [5, 5.41) is 3.29. The molecule has 0 spiro atoms. The number of anilines is 1. The Balaban J connectivity index is 1.55. The number of hydrogen-bond donors (Lipinski definition) is 1. The van der Waals surface area contributed by atoms with Crippen molar-refractivity contribution < 1.29 is 19.1 Å². The van der Waals surface area contributed by atoms with Crippen molar-refractivity contribution in [3.05, 3.63) is 93.7 Å². The molecule has 0 aromatic heterocycles. The summed E-state index contributed by atoms with van der Waals surface area (Å²) in [4.78, 5) is 28.6. The van der Waals surface area contributed by atoms with Crippen LogP contribution in [0.2, 0.25) is 0 Å². The Kier molecular flexibility index (Phi) is 5.36. The summed E-state index contributed by atoms with van der Waals surface area (Å²) < 4.78 is 10.8. The van der Waals surface area contributed by atoms with Gasteiger partial charge in [-0.2, -0.15) is 0 Å². The SMILES string of the molecule is Cc1ccc(C)c(NC2=C(c3ccc(C)c(C)c3)C(=O)N(Cc3ccc4c(c3)OCO4)C2=O)c1. The van der Waals surface area contributed by atoms with E-state index >= 15 is 0 Å². The van der Waals surface area contributed by atoms with Gasteiger partial charge in [-0.05, 0) is 79.3 Å². The maximum atomic E-state index is 13.7. The first-order valence-corrected chi connectivity index (χ1v) is 11.2. The van der Waals surface area contributed by atoms with Crippen molar-refractivity contribution in [3.63, 3.8) is 0 Å². The standard InChI is InChI=1S/C28H26N2O4/c1-16-5-6-18(3)22(11-16)29-26-25(21-9-7-17(2)19(4)12-21)27(31)30(28(26)32)14-20-8-10-23-24(13-20)34-15-33-23/h5-13,29H,14-15H2,1-4H3. The third-order valence-corrected chi connectivity index (χ3v) is 6.39. The van der Waals surface area contributed by atoms with E-state index in [2.05, 4.69) is 5.32 Å². The van der Waals surface area contributed by atoms with Crippen LogP contribution in [0.25, 0.3) is 5.57 Å². The molecule has 0 saturated carbocycles. The van der Waals surface area contributed by atoms with Crippen LogP contribution in [-0.4, -0.2) is 23.5 Å². The van der Waals surface area contributed by atoms with E-state index in [0.717, 1.165) is 39.1 Å². The van der Waals surface area contributed by atoms with Crippen molar-refractivity contribution >= 4 is 23.1 Å². The Bertz CT molecular complexity index is 1370. The molecule has 3 aromatic rings. The van der Waals surface area contributed by atoms with Crippen molar-refractivity contribution in [1.82, 2.24) is 4.90 Å². The van der Waals surface area contributed by atoms with E-state index in [-0.39, 0.29) is 25.2 Å². The maximum absolute atomic E-state index is 13.7. The molecule has 2 aliphatic rings. The lowest BCUT2D eigenvalue weighted by atomic mass is 9.99. The lowest BCUT2D eigenvalue weighted by molar-refractivity contribution is -0.137. The van der Waals surface area contributed by atoms with E-state index in [0.29, 0.717) is 22.8 Å². The van der Waals surface area contributed by atoms with Gasteiger partial charge in [0.2, 0.25) is 6.79 Å². The number of aryl methyl sites for hydroxylation is 4. The molecule has 2 amide bonds. The lowest BCUT2D eigenvalue weighted by Crippen LogP contribution is -2.32. The molecule has 3 aromatic carbocycles. The Morgan fingerprint density at radius 1 is 0.794 bits per heavy atom. The number of nitrogens with one attached hydrogen (secondary N) is 1. The van der Waals surface area contributed by atoms with Gasteiger partial charge in [0.05, 0.1) is 12.1 Å². The first kappa shape index (κ1) is 21.8. The second-order valence-corrected chi connectivity index (χ2v) is 8.88. The summed E-state index contributed by atoms with van der Waals surface area (Å²) in [6, 6.07) is 17.3. The van der Waals surface area contributed by atoms with Gasteiger partial charge in [0, 0.05) is 5.69 Å². The monoisotopic (exact) mass is 454 g/mol. The fraction of sp³-hybridized carbons (Fsp3) is 0.214. The van der Waals surface area contributed by atoms with Crippen LogP contribution in [0, 0.1) is 27.7 Å². The second-order valence-electron chi connectivity index (χ2n) is 8.88. The fourth-order valence-electron chi connectivity index (χ4n) is 4.23. The molecule has 0 bridgehead atoms. The minimum atomic E-state index is -0.350. The summed E-state index contributed by atoms with van der Waals surface area (Å²) >= 11 is 0. The molecule has 172 valence electrons. The van der Waals surface area contributed by atoms with E-state index in [1.807, 2.05) is 76.2 Å². The number of hydrogen-bond acceptors (Lipinski definition) is 5. The zero-order valence-corrected chi connectivity index (χ0v) is 19.7. The highest BCUT2D eigenvalue weighted by Crippen LogP contribution is 2.36. The molecule has 34 heavy (non-hydrogen) atoms. The normalized spacial score (nSPS) is 14.9. The van der Waals surface area contributed by atoms with Crippen molar-refractivity contribution in [2.75, 3.05) is 12.1 Å². The highest BCUT2D eigenvalue weighted by atomic mass is 16.7. The summed E-state index contributed by atoms with van der Waals surface area (Å²) in [6.45, 7) is 8.31. The molecular formula is C28H26N2O4. The number of nitrogens with zero attached hydrogens (tertiary/aromatic N) is 1. The second kappa shape index (κ2) is 8.37. The summed E-state index contributed by atoms with van der Waals surface area (Å²) in [7, 11) is 0. The molecule has 5 rings (SSSR count). The van der Waals surface area contributed by atoms with Crippen molar-refractivity contribution in [2.45, 2.75) is 34.2 Å². The van der Waals surface area contributed by atoms with Crippen LogP contribution < -0.4 is 14.8 Å². The minimum Gasteiger partial charge on any atom is -0.454 e. The number of carbonyl (C=O) groups excluding carboxylic acids is 2. The number of benzene rings is 3. The lowest BCUT2D eigenvalue weighted by Gasteiger charge is -2.16. The van der Waals surface area contributed by atoms with Crippen LogP contribution in [0.4, 0.5) is 5.69 Å². The molecule has 0 fully saturated rings. The van der Waals surface area contributed by atoms with E-state index < -0.39 is 0 Å². The van der Waals surface area contributed by atoms with Gasteiger partial charge in [-0.15, -0.1) is 0 Å². The molecule has 0 aliphatic carbocycles.